The maximum absolute atomic E-state index is 11.5. The molecule has 1 aliphatic heterocycles. The number of hydrogen-bond donors (Lipinski definition) is 2. The van der Waals surface area contributed by atoms with Crippen LogP contribution in [-0.2, 0) is 39.5 Å². The van der Waals surface area contributed by atoms with Crippen LogP contribution < -0.4 is 41.3 Å². The van der Waals surface area contributed by atoms with Gasteiger partial charge in [0.15, 0.2) is 0 Å². The number of fused-ring (bicyclic) bond motifs is 8. The Morgan fingerprint density at radius 1 is 0.605 bits per heavy atom. The van der Waals surface area contributed by atoms with Crippen molar-refractivity contribution >= 4 is 48.4 Å². The second-order valence-corrected chi connectivity index (χ2v) is 10.6. The van der Waals surface area contributed by atoms with Crippen LogP contribution in [0.5, 0.6) is 0 Å². The quantitative estimate of drug-likeness (QED) is 0.253. The topological polar surface area (TPSA) is 131 Å². The molecule has 0 amide bonds. The summed E-state index contributed by atoms with van der Waals surface area (Å²) < 4.78 is 0. The van der Waals surface area contributed by atoms with Gasteiger partial charge in [0.25, 0.3) is 0 Å². The Morgan fingerprint density at radius 2 is 1.09 bits per heavy atom. The van der Waals surface area contributed by atoms with Crippen LogP contribution in [0, 0.1) is 27.7 Å². The molecule has 0 atom stereocenters. The van der Waals surface area contributed by atoms with Crippen LogP contribution in [0.1, 0.15) is 80.1 Å². The monoisotopic (exact) mass is 615 g/mol. The standard InChI is InChI=1S/C34H32N4O4.Mn/c1-7-21-17(3)25-13-26-19(5)23(9-11-33(39)40)31(37-26)16-32-24(10-12-34(41)42)20(6)28(38-32)15-30-22(8-2)18(4)27(36-30)14-29(21)35-25;/h7-8,13-16H,1-2,9-12H2,3-6H3,(H,39,40)(H,41,42);/q-4;/b25-13-,26-13?,27-14?,28-15-,29-14-,30-15?,31-16?,32-16-;. The molecule has 8 bridgehead atoms. The summed E-state index contributed by atoms with van der Waals surface area (Å²) >= 11 is 0. The van der Waals surface area contributed by atoms with E-state index in [2.05, 4.69) is 13.2 Å². The second-order valence-electron chi connectivity index (χ2n) is 10.6. The van der Waals surface area contributed by atoms with Gasteiger partial charge >= 0.3 is 11.9 Å². The van der Waals surface area contributed by atoms with Crippen molar-refractivity contribution in [2.24, 2.45) is 0 Å². The van der Waals surface area contributed by atoms with Crippen molar-refractivity contribution in [1.82, 2.24) is 19.9 Å². The first-order chi connectivity index (χ1) is 20.0. The molecule has 5 heterocycles. The average molecular weight is 616 g/mol. The van der Waals surface area contributed by atoms with Crippen LogP contribution in [0.2, 0.25) is 0 Å². The summed E-state index contributed by atoms with van der Waals surface area (Å²) in [7, 11) is 0. The third-order valence-electron chi connectivity index (χ3n) is 8.06. The van der Waals surface area contributed by atoms with E-state index in [4.69, 9.17) is 19.9 Å². The van der Waals surface area contributed by atoms with E-state index in [1.165, 1.54) is 0 Å². The third kappa shape index (κ3) is 5.91. The van der Waals surface area contributed by atoms with Gasteiger partial charge in [-0.3, -0.25) is 9.59 Å². The Bertz CT molecular complexity index is 2030. The van der Waals surface area contributed by atoms with Gasteiger partial charge in [-0.25, -0.2) is 0 Å². The normalized spacial score (nSPS) is 15.0. The van der Waals surface area contributed by atoms with Gasteiger partial charge in [0.2, 0.25) is 0 Å². The zero-order valence-electron chi connectivity index (χ0n) is 24.6. The molecule has 4 aromatic heterocycles. The largest absolute Gasteiger partial charge is 0.657 e. The SMILES string of the molecule is C=Cc1c2[n-]c(c1C)/C=c1\[n-]/c(c(C)c1C=C)=C\c1[n-]c(c(CCC(=O)O)c1C)/C=c1\[n-]/c(c(C)c1CCC(=O)O)=C\2.[Mn]. The summed E-state index contributed by atoms with van der Waals surface area (Å²) in [6, 6.07) is 0. The minimum atomic E-state index is -0.898. The van der Waals surface area contributed by atoms with E-state index in [0.717, 1.165) is 60.9 Å². The number of aliphatic carboxylic acids is 2. The van der Waals surface area contributed by atoms with Crippen molar-refractivity contribution in [3.63, 3.8) is 0 Å². The summed E-state index contributed by atoms with van der Waals surface area (Å²) in [4.78, 5) is 42.7. The van der Waals surface area contributed by atoms with E-state index in [1.54, 1.807) is 12.2 Å². The van der Waals surface area contributed by atoms with E-state index < -0.39 is 11.9 Å². The zero-order valence-corrected chi connectivity index (χ0v) is 25.8. The maximum atomic E-state index is 11.5. The molecule has 0 fully saturated rings. The summed E-state index contributed by atoms with van der Waals surface area (Å²) in [5.74, 6) is -1.80. The van der Waals surface area contributed by atoms with Gasteiger partial charge < -0.3 is 30.1 Å². The Labute approximate surface area is 259 Å². The summed E-state index contributed by atoms with van der Waals surface area (Å²) in [5, 5.41) is 21.7. The van der Waals surface area contributed by atoms with Crippen LogP contribution in [0.15, 0.2) is 13.2 Å². The van der Waals surface area contributed by atoms with E-state index in [0.29, 0.717) is 40.6 Å². The number of nitrogens with zero attached hydrogens (tertiary/aromatic N) is 4. The predicted octanol–water partition coefficient (Wildman–Crippen LogP) is 1.70. The van der Waals surface area contributed by atoms with Crippen molar-refractivity contribution in [3.8, 4) is 0 Å². The fourth-order valence-electron chi connectivity index (χ4n) is 5.61. The van der Waals surface area contributed by atoms with Gasteiger partial charge in [0.05, 0.1) is 0 Å². The molecule has 43 heavy (non-hydrogen) atoms. The fourth-order valence-corrected chi connectivity index (χ4v) is 5.61. The zero-order chi connectivity index (χ0) is 30.3. The number of aromatic nitrogens is 4. The van der Waals surface area contributed by atoms with E-state index >= 15 is 0 Å². The average Bonchev–Trinajstić information content (AvgIpc) is 3.59. The van der Waals surface area contributed by atoms with Crippen molar-refractivity contribution in [1.29, 1.82) is 0 Å². The molecule has 8 nitrogen and oxygen atoms in total. The molecule has 2 N–H and O–H groups in total. The fraction of sp³-hybridized carbons (Fsp3) is 0.235. The molecule has 0 unspecified atom stereocenters. The van der Waals surface area contributed by atoms with Gasteiger partial charge in [-0.2, -0.15) is 0 Å². The third-order valence-corrected chi connectivity index (χ3v) is 8.06. The molecule has 0 saturated carbocycles. The van der Waals surface area contributed by atoms with Crippen LogP contribution in [0.3, 0.4) is 0 Å². The first-order valence-electron chi connectivity index (χ1n) is 13.8. The molecular formula is C34H32MnN4O4-4. The Balaban J connectivity index is 0.00000423. The Hall–Kier alpha value is -4.46. The van der Waals surface area contributed by atoms with Gasteiger partial charge in [0.1, 0.15) is 0 Å². The predicted molar refractivity (Wildman–Crippen MR) is 163 cm³/mol. The number of carboxylic acid groups (broad SMARTS) is 2. The molecule has 1 aliphatic rings. The van der Waals surface area contributed by atoms with Crippen LogP contribution >= 0.6 is 0 Å². The number of rotatable bonds is 8. The maximum Gasteiger partial charge on any atom is 0.303 e. The molecule has 9 heteroatoms. The van der Waals surface area contributed by atoms with Gasteiger partial charge in [-0.1, -0.05) is 83.0 Å². The van der Waals surface area contributed by atoms with Gasteiger partial charge in [-0.15, -0.1) is 44.2 Å². The van der Waals surface area contributed by atoms with Crippen molar-refractivity contribution in [3.05, 3.63) is 102 Å². The van der Waals surface area contributed by atoms with Gasteiger partial charge in [-0.05, 0) is 51.7 Å². The minimum absolute atomic E-state index is 0. The van der Waals surface area contributed by atoms with Crippen molar-refractivity contribution in [2.45, 2.75) is 53.4 Å². The Morgan fingerprint density at radius 3 is 1.72 bits per heavy atom. The van der Waals surface area contributed by atoms with E-state index in [-0.39, 0.29) is 29.9 Å². The van der Waals surface area contributed by atoms with Crippen LogP contribution in [0.25, 0.3) is 36.5 Å². The van der Waals surface area contributed by atoms with Crippen LogP contribution in [-0.4, -0.2) is 22.2 Å². The van der Waals surface area contributed by atoms with Gasteiger partial charge in [0, 0.05) is 29.9 Å². The summed E-state index contributed by atoms with van der Waals surface area (Å²) in [6.07, 6.45) is 11.7. The molecule has 223 valence electrons. The molecule has 5 rings (SSSR count). The van der Waals surface area contributed by atoms with E-state index in [1.807, 2.05) is 52.0 Å². The number of carboxylic acids is 2. The summed E-state index contributed by atoms with van der Waals surface area (Å²) in [5.41, 5.74) is 9.84. The molecule has 0 aliphatic carbocycles. The molecule has 4 aromatic rings. The van der Waals surface area contributed by atoms with E-state index in [9.17, 15) is 19.8 Å². The molecular weight excluding hydrogens is 583 g/mol. The number of carbonyl (C=O) groups is 2. The minimum Gasteiger partial charge on any atom is -0.657 e. The molecule has 1 radical (unpaired) electrons. The molecule has 0 saturated heterocycles. The summed E-state index contributed by atoms with van der Waals surface area (Å²) in [6.45, 7) is 15.9. The second kappa shape index (κ2) is 12.4. The van der Waals surface area contributed by atoms with Crippen molar-refractivity contribution < 1.29 is 36.9 Å². The first-order valence-corrected chi connectivity index (χ1v) is 13.8. The molecule has 0 spiro atoms. The Kier molecular flexibility index (Phi) is 9.09. The number of hydrogen-bond acceptors (Lipinski definition) is 2. The van der Waals surface area contributed by atoms with Crippen molar-refractivity contribution in [2.75, 3.05) is 0 Å². The smallest absolute Gasteiger partial charge is 0.303 e. The molecule has 0 aromatic carbocycles. The first kappa shape index (κ1) is 31.5. The van der Waals surface area contributed by atoms with Crippen LogP contribution in [0.4, 0.5) is 0 Å².